The zero-order valence-electron chi connectivity index (χ0n) is 11.3. The van der Waals surface area contributed by atoms with Crippen LogP contribution in [-0.4, -0.2) is 15.7 Å². The number of amides is 1. The van der Waals surface area contributed by atoms with Crippen molar-refractivity contribution in [2.24, 2.45) is 12.9 Å². The van der Waals surface area contributed by atoms with E-state index in [4.69, 9.17) is 17.4 Å². The van der Waals surface area contributed by atoms with Gasteiger partial charge in [-0.25, -0.2) is 0 Å². The number of hydrazine groups is 1. The normalized spacial score (nSPS) is 10.4. The highest BCUT2D eigenvalue weighted by molar-refractivity contribution is 6.31. The lowest BCUT2D eigenvalue weighted by Crippen LogP contribution is -2.25. The Morgan fingerprint density at radius 3 is 2.85 bits per heavy atom. The molecule has 20 heavy (non-hydrogen) atoms. The molecule has 0 aliphatic heterocycles. The Hall–Kier alpha value is -2.05. The third-order valence-electron chi connectivity index (χ3n) is 2.94. The maximum absolute atomic E-state index is 12.2. The van der Waals surface area contributed by atoms with Crippen molar-refractivity contribution < 1.29 is 4.79 Å². The summed E-state index contributed by atoms with van der Waals surface area (Å²) in [6.07, 6.45) is 1.87. The van der Waals surface area contributed by atoms with E-state index >= 15 is 0 Å². The molecule has 0 unspecified atom stereocenters. The third kappa shape index (κ3) is 3.09. The van der Waals surface area contributed by atoms with Crippen LogP contribution in [-0.2, 0) is 13.6 Å². The molecule has 1 aromatic carbocycles. The maximum atomic E-state index is 12.2. The molecule has 106 valence electrons. The Labute approximate surface area is 121 Å². The van der Waals surface area contributed by atoms with Crippen LogP contribution in [0.15, 0.2) is 24.4 Å². The molecule has 0 radical (unpaired) electrons. The van der Waals surface area contributed by atoms with E-state index in [0.29, 0.717) is 22.8 Å². The average Bonchev–Trinajstić information content (AvgIpc) is 2.74. The number of nitrogens with one attached hydrogen (secondary N) is 2. The first-order valence-electron chi connectivity index (χ1n) is 6.04. The molecular weight excluding hydrogens is 278 g/mol. The first kappa shape index (κ1) is 14.4. The Morgan fingerprint density at radius 2 is 2.25 bits per heavy atom. The summed E-state index contributed by atoms with van der Waals surface area (Å²) in [5.41, 5.74) is 5.26. The van der Waals surface area contributed by atoms with Crippen LogP contribution in [0.1, 0.15) is 21.6 Å². The van der Waals surface area contributed by atoms with Gasteiger partial charge in [-0.3, -0.25) is 15.3 Å². The van der Waals surface area contributed by atoms with Crippen LogP contribution in [0.5, 0.6) is 0 Å². The number of carbonyl (C=O) groups excluding carboxylic acids is 1. The fraction of sp³-hybridized carbons (Fsp3) is 0.231. The van der Waals surface area contributed by atoms with Crippen molar-refractivity contribution in [1.82, 2.24) is 15.1 Å². The van der Waals surface area contributed by atoms with Gasteiger partial charge in [-0.2, -0.15) is 5.10 Å². The lowest BCUT2D eigenvalue weighted by atomic mass is 10.1. The molecule has 1 amide bonds. The molecule has 4 N–H and O–H groups in total. The van der Waals surface area contributed by atoms with Gasteiger partial charge in [-0.15, -0.1) is 0 Å². The highest BCUT2D eigenvalue weighted by atomic mass is 35.5. The Morgan fingerprint density at radius 1 is 1.50 bits per heavy atom. The van der Waals surface area contributed by atoms with Gasteiger partial charge in [0.2, 0.25) is 0 Å². The van der Waals surface area contributed by atoms with Gasteiger partial charge in [0, 0.05) is 30.4 Å². The summed E-state index contributed by atoms with van der Waals surface area (Å²) in [7, 11) is 1.84. The van der Waals surface area contributed by atoms with Crippen LogP contribution in [0.2, 0.25) is 5.02 Å². The second kappa shape index (κ2) is 5.94. The summed E-state index contributed by atoms with van der Waals surface area (Å²) in [4.78, 5) is 12.2. The van der Waals surface area contributed by atoms with Crippen LogP contribution in [0.25, 0.3) is 0 Å². The molecule has 0 aliphatic rings. The topological polar surface area (TPSA) is 85.0 Å². The highest BCUT2D eigenvalue weighted by Gasteiger charge is 2.12. The number of aromatic nitrogens is 2. The van der Waals surface area contributed by atoms with Gasteiger partial charge < -0.3 is 10.7 Å². The number of hydrogen-bond acceptors (Lipinski definition) is 4. The minimum atomic E-state index is -0.247. The molecule has 1 aromatic heterocycles. The standard InChI is InChI=1S/C13H16ClN5O/c1-8-9(7-19(2)18-8)6-16-13(20)11-5-10(14)3-4-12(11)17-15/h3-5,7,17H,6,15H2,1-2H3,(H,16,20). The highest BCUT2D eigenvalue weighted by Crippen LogP contribution is 2.20. The fourth-order valence-corrected chi connectivity index (χ4v) is 2.10. The van der Waals surface area contributed by atoms with Crippen molar-refractivity contribution in [3.05, 3.63) is 46.2 Å². The van der Waals surface area contributed by atoms with Gasteiger partial charge in [-0.05, 0) is 25.1 Å². The van der Waals surface area contributed by atoms with Crippen LogP contribution in [0.3, 0.4) is 0 Å². The van der Waals surface area contributed by atoms with Crippen LogP contribution in [0, 0.1) is 6.92 Å². The van der Waals surface area contributed by atoms with Crippen LogP contribution < -0.4 is 16.6 Å². The van der Waals surface area contributed by atoms with Gasteiger partial charge in [0.15, 0.2) is 0 Å². The van der Waals surface area contributed by atoms with Crippen molar-refractivity contribution in [2.75, 3.05) is 5.43 Å². The molecule has 2 rings (SSSR count). The predicted molar refractivity (Wildman–Crippen MR) is 78.4 cm³/mol. The minimum absolute atomic E-state index is 0.247. The fourth-order valence-electron chi connectivity index (χ4n) is 1.92. The molecule has 1 heterocycles. The molecule has 0 fully saturated rings. The third-order valence-corrected chi connectivity index (χ3v) is 3.17. The van der Waals surface area contributed by atoms with E-state index in [-0.39, 0.29) is 5.91 Å². The van der Waals surface area contributed by atoms with E-state index in [1.54, 1.807) is 22.9 Å². The number of carbonyl (C=O) groups is 1. The molecular formula is C13H16ClN5O. The van der Waals surface area contributed by atoms with Gasteiger partial charge >= 0.3 is 0 Å². The molecule has 0 bridgehead atoms. The quantitative estimate of drug-likeness (QED) is 0.590. The first-order valence-corrected chi connectivity index (χ1v) is 6.42. The molecule has 0 saturated carbocycles. The van der Waals surface area contributed by atoms with Crippen molar-refractivity contribution in [3.8, 4) is 0 Å². The lowest BCUT2D eigenvalue weighted by Gasteiger charge is -2.09. The Bertz CT molecular complexity index is 638. The molecule has 6 nitrogen and oxygen atoms in total. The van der Waals surface area contributed by atoms with E-state index < -0.39 is 0 Å². The van der Waals surface area contributed by atoms with Crippen molar-refractivity contribution in [1.29, 1.82) is 0 Å². The van der Waals surface area contributed by atoms with E-state index in [1.807, 2.05) is 20.2 Å². The smallest absolute Gasteiger partial charge is 0.253 e. The van der Waals surface area contributed by atoms with E-state index in [1.165, 1.54) is 0 Å². The Balaban J connectivity index is 2.12. The Kier molecular flexibility index (Phi) is 4.26. The zero-order chi connectivity index (χ0) is 14.7. The van der Waals surface area contributed by atoms with Gasteiger partial charge in [0.05, 0.1) is 16.9 Å². The number of nitrogens with two attached hydrogens (primary N) is 1. The molecule has 7 heteroatoms. The van der Waals surface area contributed by atoms with E-state index in [2.05, 4.69) is 15.8 Å². The predicted octanol–water partition coefficient (Wildman–Crippen LogP) is 1.60. The number of rotatable bonds is 4. The molecule has 0 atom stereocenters. The monoisotopic (exact) mass is 293 g/mol. The number of halogens is 1. The van der Waals surface area contributed by atoms with Crippen molar-refractivity contribution in [3.63, 3.8) is 0 Å². The average molecular weight is 294 g/mol. The first-order chi connectivity index (χ1) is 9.51. The van der Waals surface area contributed by atoms with E-state index in [0.717, 1.165) is 11.3 Å². The second-order valence-electron chi connectivity index (χ2n) is 4.43. The summed E-state index contributed by atoms with van der Waals surface area (Å²) in [6, 6.07) is 4.90. The summed E-state index contributed by atoms with van der Waals surface area (Å²) in [5, 5.41) is 7.52. The van der Waals surface area contributed by atoms with Crippen LogP contribution in [0.4, 0.5) is 5.69 Å². The number of aryl methyl sites for hydroxylation is 2. The number of benzene rings is 1. The molecule has 2 aromatic rings. The number of anilines is 1. The molecule has 0 aliphatic carbocycles. The van der Waals surface area contributed by atoms with Crippen molar-refractivity contribution >= 4 is 23.2 Å². The summed E-state index contributed by atoms with van der Waals surface area (Å²) in [6.45, 7) is 2.29. The second-order valence-corrected chi connectivity index (χ2v) is 4.87. The zero-order valence-corrected chi connectivity index (χ0v) is 12.0. The number of hydrogen-bond donors (Lipinski definition) is 3. The lowest BCUT2D eigenvalue weighted by molar-refractivity contribution is 0.0951. The van der Waals surface area contributed by atoms with Gasteiger partial charge in [0.1, 0.15) is 0 Å². The van der Waals surface area contributed by atoms with Gasteiger partial charge in [0.25, 0.3) is 5.91 Å². The maximum Gasteiger partial charge on any atom is 0.253 e. The number of nitrogens with zero attached hydrogens (tertiary/aromatic N) is 2. The molecule has 0 saturated heterocycles. The summed E-state index contributed by atoms with van der Waals surface area (Å²) < 4.78 is 1.71. The largest absolute Gasteiger partial charge is 0.348 e. The van der Waals surface area contributed by atoms with E-state index in [9.17, 15) is 4.79 Å². The summed E-state index contributed by atoms with van der Waals surface area (Å²) in [5.74, 6) is 5.14. The summed E-state index contributed by atoms with van der Waals surface area (Å²) >= 11 is 5.90. The SMILES string of the molecule is Cc1nn(C)cc1CNC(=O)c1cc(Cl)ccc1NN. The van der Waals surface area contributed by atoms with Crippen molar-refractivity contribution in [2.45, 2.75) is 13.5 Å². The minimum Gasteiger partial charge on any atom is -0.348 e. The van der Waals surface area contributed by atoms with Gasteiger partial charge in [-0.1, -0.05) is 11.6 Å². The number of nitrogen functional groups attached to an aromatic ring is 1. The van der Waals surface area contributed by atoms with Crippen LogP contribution >= 0.6 is 11.6 Å². The molecule has 0 spiro atoms.